The van der Waals surface area contributed by atoms with Gasteiger partial charge in [-0.3, -0.25) is 4.98 Å². The molecule has 7 heteroatoms. The van der Waals surface area contributed by atoms with Crippen molar-refractivity contribution in [2.75, 3.05) is 17.7 Å². The highest BCUT2D eigenvalue weighted by atomic mass is 16.5. The molecule has 0 aliphatic rings. The number of phenols is 1. The van der Waals surface area contributed by atoms with Crippen molar-refractivity contribution in [3.63, 3.8) is 0 Å². The van der Waals surface area contributed by atoms with Gasteiger partial charge in [-0.15, -0.1) is 0 Å². The van der Waals surface area contributed by atoms with Crippen LogP contribution in [0.5, 0.6) is 11.5 Å². The molecule has 0 saturated carbocycles. The Labute approximate surface area is 162 Å². The fourth-order valence-electron chi connectivity index (χ4n) is 2.89. The lowest BCUT2D eigenvalue weighted by Gasteiger charge is -2.12. The summed E-state index contributed by atoms with van der Waals surface area (Å²) in [6.45, 7) is 1.86. The minimum atomic E-state index is 0.0963. The minimum absolute atomic E-state index is 0.0963. The Morgan fingerprint density at radius 2 is 1.86 bits per heavy atom. The molecular formula is C21H19N5O2. The zero-order valence-electron chi connectivity index (χ0n) is 15.5. The number of pyridine rings is 1. The van der Waals surface area contributed by atoms with Crippen LogP contribution in [0.4, 0.5) is 23.1 Å². The number of methoxy groups -OCH3 is 1. The van der Waals surface area contributed by atoms with Gasteiger partial charge < -0.3 is 20.5 Å². The van der Waals surface area contributed by atoms with Crippen molar-refractivity contribution in [3.05, 3.63) is 66.5 Å². The fraction of sp³-hybridized carbons (Fsp3) is 0.0952. The molecule has 2 heterocycles. The number of para-hydroxylation sites is 1. The number of ether oxygens (including phenoxy) is 1. The quantitative estimate of drug-likeness (QED) is 0.442. The van der Waals surface area contributed by atoms with E-state index in [4.69, 9.17) is 4.74 Å². The summed E-state index contributed by atoms with van der Waals surface area (Å²) in [6.07, 6.45) is 3.39. The SMILES string of the molecule is COc1cc(Nc2nccc(Nc3cnc4ccccc4c3)n2)c(O)cc1C. The maximum absolute atomic E-state index is 10.2. The smallest absolute Gasteiger partial charge is 0.229 e. The van der Waals surface area contributed by atoms with E-state index in [0.717, 1.165) is 22.2 Å². The summed E-state index contributed by atoms with van der Waals surface area (Å²) in [7, 11) is 1.59. The summed E-state index contributed by atoms with van der Waals surface area (Å²) in [5.41, 5.74) is 3.06. The average Bonchev–Trinajstić information content (AvgIpc) is 2.70. The first kappa shape index (κ1) is 17.5. The second-order valence-corrected chi connectivity index (χ2v) is 6.27. The molecule has 28 heavy (non-hydrogen) atoms. The molecule has 3 N–H and O–H groups in total. The number of nitrogens with zero attached hydrogens (tertiary/aromatic N) is 3. The van der Waals surface area contributed by atoms with E-state index in [0.29, 0.717) is 23.2 Å². The lowest BCUT2D eigenvalue weighted by atomic mass is 10.2. The normalized spacial score (nSPS) is 10.6. The predicted octanol–water partition coefficient (Wildman–Crippen LogP) is 4.53. The molecule has 0 unspecified atom stereocenters. The molecule has 0 radical (unpaired) electrons. The van der Waals surface area contributed by atoms with Gasteiger partial charge in [-0.05, 0) is 36.8 Å². The molecule has 0 fully saturated rings. The van der Waals surface area contributed by atoms with Gasteiger partial charge in [-0.2, -0.15) is 4.98 Å². The van der Waals surface area contributed by atoms with Gasteiger partial charge in [0.15, 0.2) is 0 Å². The molecule has 0 aliphatic carbocycles. The van der Waals surface area contributed by atoms with Crippen LogP contribution in [0.2, 0.25) is 0 Å². The second kappa shape index (κ2) is 7.40. The lowest BCUT2D eigenvalue weighted by Crippen LogP contribution is -2.01. The Morgan fingerprint density at radius 1 is 1.00 bits per heavy atom. The molecule has 140 valence electrons. The van der Waals surface area contributed by atoms with Crippen LogP contribution in [0.25, 0.3) is 10.9 Å². The van der Waals surface area contributed by atoms with Crippen LogP contribution in [0.1, 0.15) is 5.56 Å². The predicted molar refractivity (Wildman–Crippen MR) is 110 cm³/mol. The van der Waals surface area contributed by atoms with Crippen LogP contribution in [0, 0.1) is 6.92 Å². The van der Waals surface area contributed by atoms with E-state index in [1.165, 1.54) is 0 Å². The summed E-state index contributed by atoms with van der Waals surface area (Å²) in [5, 5.41) is 17.5. The monoisotopic (exact) mass is 373 g/mol. The van der Waals surface area contributed by atoms with E-state index in [2.05, 4.69) is 25.6 Å². The first-order chi connectivity index (χ1) is 13.6. The van der Waals surface area contributed by atoms with E-state index in [1.807, 2.05) is 37.3 Å². The highest BCUT2D eigenvalue weighted by Crippen LogP contribution is 2.33. The van der Waals surface area contributed by atoms with Crippen LogP contribution < -0.4 is 15.4 Å². The van der Waals surface area contributed by atoms with Gasteiger partial charge in [0, 0.05) is 17.6 Å². The number of rotatable bonds is 5. The maximum Gasteiger partial charge on any atom is 0.229 e. The van der Waals surface area contributed by atoms with E-state index in [1.54, 1.807) is 37.7 Å². The van der Waals surface area contributed by atoms with Crippen LogP contribution in [-0.2, 0) is 0 Å². The zero-order chi connectivity index (χ0) is 19.5. The molecule has 4 aromatic rings. The minimum Gasteiger partial charge on any atom is -0.506 e. The Hall–Kier alpha value is -3.87. The summed E-state index contributed by atoms with van der Waals surface area (Å²) in [6, 6.07) is 15.0. The van der Waals surface area contributed by atoms with Gasteiger partial charge >= 0.3 is 0 Å². The second-order valence-electron chi connectivity index (χ2n) is 6.27. The number of aryl methyl sites for hydroxylation is 1. The Bertz CT molecular complexity index is 1150. The number of hydrogen-bond acceptors (Lipinski definition) is 7. The number of aromatic hydroxyl groups is 1. The molecule has 0 saturated heterocycles. The standard InChI is InChI=1S/C21H19N5O2/c1-13-9-18(27)17(11-19(13)28-2)25-21-22-8-7-20(26-21)24-15-10-14-5-3-4-6-16(14)23-12-15/h3-12,27H,1-2H3,(H2,22,24,25,26). The number of benzene rings is 2. The third-order valence-corrected chi connectivity index (χ3v) is 4.28. The van der Waals surface area contributed by atoms with Crippen molar-refractivity contribution in [3.8, 4) is 11.5 Å². The van der Waals surface area contributed by atoms with Crippen LogP contribution >= 0.6 is 0 Å². The molecule has 0 bridgehead atoms. The van der Waals surface area contributed by atoms with Crippen molar-refractivity contribution in [1.82, 2.24) is 15.0 Å². The number of phenolic OH excluding ortho intramolecular Hbond substituents is 1. The first-order valence-corrected chi connectivity index (χ1v) is 8.72. The third-order valence-electron chi connectivity index (χ3n) is 4.28. The highest BCUT2D eigenvalue weighted by molar-refractivity contribution is 5.82. The summed E-state index contributed by atoms with van der Waals surface area (Å²) >= 11 is 0. The van der Waals surface area contributed by atoms with Crippen LogP contribution in [-0.4, -0.2) is 27.2 Å². The number of fused-ring (bicyclic) bond motifs is 1. The lowest BCUT2D eigenvalue weighted by molar-refractivity contribution is 0.409. The van der Waals surface area contributed by atoms with E-state index < -0.39 is 0 Å². The van der Waals surface area contributed by atoms with E-state index >= 15 is 0 Å². The zero-order valence-corrected chi connectivity index (χ0v) is 15.5. The third kappa shape index (κ3) is 3.64. The molecule has 0 atom stereocenters. The molecular weight excluding hydrogens is 354 g/mol. The van der Waals surface area contributed by atoms with Gasteiger partial charge in [-0.25, -0.2) is 4.98 Å². The van der Waals surface area contributed by atoms with Crippen molar-refractivity contribution in [2.24, 2.45) is 0 Å². The van der Waals surface area contributed by atoms with Crippen molar-refractivity contribution >= 4 is 34.0 Å². The highest BCUT2D eigenvalue weighted by Gasteiger charge is 2.09. The molecule has 4 rings (SSSR count). The Balaban J connectivity index is 1.57. The number of anilines is 4. The largest absolute Gasteiger partial charge is 0.506 e. The van der Waals surface area contributed by atoms with Gasteiger partial charge in [-0.1, -0.05) is 18.2 Å². The van der Waals surface area contributed by atoms with Crippen molar-refractivity contribution in [1.29, 1.82) is 0 Å². The Kier molecular flexibility index (Phi) is 4.63. The van der Waals surface area contributed by atoms with E-state index in [-0.39, 0.29) is 5.75 Å². The van der Waals surface area contributed by atoms with Crippen LogP contribution in [0.3, 0.4) is 0 Å². The first-order valence-electron chi connectivity index (χ1n) is 8.72. The van der Waals surface area contributed by atoms with Gasteiger partial charge in [0.25, 0.3) is 0 Å². The van der Waals surface area contributed by atoms with Crippen molar-refractivity contribution in [2.45, 2.75) is 6.92 Å². The van der Waals surface area contributed by atoms with Crippen molar-refractivity contribution < 1.29 is 9.84 Å². The summed E-state index contributed by atoms with van der Waals surface area (Å²) in [5.74, 6) is 1.71. The summed E-state index contributed by atoms with van der Waals surface area (Å²) in [4.78, 5) is 13.1. The molecule has 2 aromatic carbocycles. The molecule has 0 spiro atoms. The van der Waals surface area contributed by atoms with Gasteiger partial charge in [0.2, 0.25) is 5.95 Å². The number of nitrogens with one attached hydrogen (secondary N) is 2. The van der Waals surface area contributed by atoms with E-state index in [9.17, 15) is 5.11 Å². The topological polar surface area (TPSA) is 92.2 Å². The number of aromatic nitrogens is 3. The number of hydrogen-bond donors (Lipinski definition) is 3. The van der Waals surface area contributed by atoms with Crippen LogP contribution in [0.15, 0.2) is 60.9 Å². The van der Waals surface area contributed by atoms with Gasteiger partial charge in [0.05, 0.1) is 30.2 Å². The van der Waals surface area contributed by atoms with Gasteiger partial charge in [0.1, 0.15) is 17.3 Å². The molecule has 2 aromatic heterocycles. The fourth-order valence-corrected chi connectivity index (χ4v) is 2.89. The molecule has 0 aliphatic heterocycles. The molecule has 7 nitrogen and oxygen atoms in total. The molecule has 0 amide bonds. The Morgan fingerprint density at radius 3 is 2.71 bits per heavy atom. The average molecular weight is 373 g/mol. The summed E-state index contributed by atoms with van der Waals surface area (Å²) < 4.78 is 5.30. The maximum atomic E-state index is 10.2.